The first-order valence-electron chi connectivity index (χ1n) is 5.36. The minimum Gasteiger partial charge on any atom is -0.395 e. The summed E-state index contributed by atoms with van der Waals surface area (Å²) in [7, 11) is 0. The van der Waals surface area contributed by atoms with Crippen LogP contribution >= 0.6 is 0 Å². The molecule has 13 heavy (non-hydrogen) atoms. The van der Waals surface area contributed by atoms with Crippen LogP contribution in [-0.4, -0.2) is 48.3 Å². The Morgan fingerprint density at radius 2 is 2.38 bits per heavy atom. The molecule has 0 aromatic rings. The second-order valence-electron chi connectivity index (χ2n) is 3.92. The molecule has 0 saturated carbocycles. The van der Waals surface area contributed by atoms with Gasteiger partial charge in [-0.25, -0.2) is 0 Å². The van der Waals surface area contributed by atoms with Crippen LogP contribution in [0.15, 0.2) is 0 Å². The molecule has 78 valence electrons. The average molecular weight is 186 g/mol. The minimum absolute atomic E-state index is 0.250. The van der Waals surface area contributed by atoms with E-state index in [1.165, 1.54) is 19.4 Å². The molecule has 1 rings (SSSR count). The summed E-state index contributed by atoms with van der Waals surface area (Å²) in [4.78, 5) is 2.52. The van der Waals surface area contributed by atoms with Crippen molar-refractivity contribution in [2.75, 3.05) is 26.2 Å². The third-order valence-corrected chi connectivity index (χ3v) is 2.98. The van der Waals surface area contributed by atoms with E-state index in [0.717, 1.165) is 13.1 Å². The normalized spacial score (nSPS) is 26.5. The Labute approximate surface area is 81.1 Å². The molecule has 2 atom stereocenters. The van der Waals surface area contributed by atoms with E-state index in [9.17, 15) is 0 Å². The number of hydrogen-bond donors (Lipinski definition) is 2. The monoisotopic (exact) mass is 186 g/mol. The van der Waals surface area contributed by atoms with Gasteiger partial charge < -0.3 is 10.4 Å². The van der Waals surface area contributed by atoms with E-state index in [4.69, 9.17) is 5.11 Å². The molecule has 2 N–H and O–H groups in total. The molecule has 1 aliphatic rings. The number of aliphatic hydroxyl groups is 1. The Hall–Kier alpha value is -0.120. The van der Waals surface area contributed by atoms with Crippen LogP contribution in [0.5, 0.6) is 0 Å². The first-order chi connectivity index (χ1) is 6.27. The van der Waals surface area contributed by atoms with Gasteiger partial charge in [0.2, 0.25) is 0 Å². The third kappa shape index (κ3) is 3.25. The highest BCUT2D eigenvalue weighted by atomic mass is 16.3. The van der Waals surface area contributed by atoms with Crippen LogP contribution in [0.1, 0.15) is 26.7 Å². The summed E-state index contributed by atoms with van der Waals surface area (Å²) < 4.78 is 0. The summed E-state index contributed by atoms with van der Waals surface area (Å²) in [5.41, 5.74) is 0. The van der Waals surface area contributed by atoms with E-state index in [1.54, 1.807) is 0 Å². The molecule has 0 aromatic carbocycles. The van der Waals surface area contributed by atoms with Crippen molar-refractivity contribution in [3.63, 3.8) is 0 Å². The lowest BCUT2D eigenvalue weighted by atomic mass is 10.2. The highest BCUT2D eigenvalue weighted by molar-refractivity contribution is 4.83. The second kappa shape index (κ2) is 5.58. The maximum Gasteiger partial charge on any atom is 0.0556 e. The molecule has 0 aliphatic carbocycles. The predicted molar refractivity (Wildman–Crippen MR) is 54.8 cm³/mol. The van der Waals surface area contributed by atoms with Gasteiger partial charge in [-0.15, -0.1) is 0 Å². The number of aliphatic hydroxyl groups excluding tert-OH is 1. The number of nitrogens with one attached hydrogen (secondary N) is 1. The minimum atomic E-state index is 0.250. The van der Waals surface area contributed by atoms with Crippen molar-refractivity contribution in [3.8, 4) is 0 Å². The van der Waals surface area contributed by atoms with E-state index in [1.807, 2.05) is 0 Å². The van der Waals surface area contributed by atoms with Crippen molar-refractivity contribution in [3.05, 3.63) is 0 Å². The number of rotatable bonds is 5. The van der Waals surface area contributed by atoms with Gasteiger partial charge in [-0.05, 0) is 19.8 Å². The van der Waals surface area contributed by atoms with E-state index in [0.29, 0.717) is 12.1 Å². The van der Waals surface area contributed by atoms with Crippen LogP contribution in [0, 0.1) is 0 Å². The first-order valence-corrected chi connectivity index (χ1v) is 5.36. The van der Waals surface area contributed by atoms with E-state index in [-0.39, 0.29) is 6.61 Å². The Morgan fingerprint density at radius 1 is 1.62 bits per heavy atom. The van der Waals surface area contributed by atoms with Crippen LogP contribution in [-0.2, 0) is 0 Å². The van der Waals surface area contributed by atoms with Gasteiger partial charge in [0.05, 0.1) is 6.61 Å². The van der Waals surface area contributed by atoms with Crippen LogP contribution in [0.3, 0.4) is 0 Å². The highest BCUT2D eigenvalue weighted by Crippen LogP contribution is 2.13. The van der Waals surface area contributed by atoms with Gasteiger partial charge in [0, 0.05) is 31.7 Å². The second-order valence-corrected chi connectivity index (χ2v) is 3.92. The van der Waals surface area contributed by atoms with Crippen LogP contribution in [0.4, 0.5) is 0 Å². The van der Waals surface area contributed by atoms with E-state index in [2.05, 4.69) is 24.1 Å². The lowest BCUT2D eigenvalue weighted by molar-refractivity contribution is 0.242. The topological polar surface area (TPSA) is 35.5 Å². The highest BCUT2D eigenvalue weighted by Gasteiger charge is 2.24. The SMILES string of the molecule is CCC(C)N1CCC(NCCO)C1. The first kappa shape index (κ1) is 11.0. The summed E-state index contributed by atoms with van der Waals surface area (Å²) in [6, 6.07) is 1.31. The Kier molecular flexibility index (Phi) is 4.70. The molecule has 0 spiro atoms. The van der Waals surface area contributed by atoms with Crippen LogP contribution < -0.4 is 5.32 Å². The smallest absolute Gasteiger partial charge is 0.0556 e. The van der Waals surface area contributed by atoms with Gasteiger partial charge in [0.1, 0.15) is 0 Å². The number of nitrogens with zero attached hydrogens (tertiary/aromatic N) is 1. The number of hydrogen-bond acceptors (Lipinski definition) is 3. The molecule has 1 saturated heterocycles. The molecule has 2 unspecified atom stereocenters. The maximum atomic E-state index is 8.67. The predicted octanol–water partition coefficient (Wildman–Crippen LogP) is 0.441. The summed E-state index contributed by atoms with van der Waals surface area (Å²) in [6.45, 7) is 7.86. The zero-order valence-electron chi connectivity index (χ0n) is 8.79. The van der Waals surface area contributed by atoms with Crippen molar-refractivity contribution in [1.29, 1.82) is 0 Å². The summed E-state index contributed by atoms with van der Waals surface area (Å²) in [5, 5.41) is 12.0. The fourth-order valence-electron chi connectivity index (χ4n) is 1.88. The standard InChI is InChI=1S/C10H22N2O/c1-3-9(2)12-6-4-10(8-12)11-5-7-13/h9-11,13H,3-8H2,1-2H3. The molecular weight excluding hydrogens is 164 g/mol. The Bertz CT molecular complexity index is 141. The quantitative estimate of drug-likeness (QED) is 0.654. The van der Waals surface area contributed by atoms with E-state index < -0.39 is 0 Å². The number of likely N-dealkylation sites (tertiary alicyclic amines) is 1. The lowest BCUT2D eigenvalue weighted by Gasteiger charge is -2.22. The molecule has 3 nitrogen and oxygen atoms in total. The third-order valence-electron chi connectivity index (χ3n) is 2.98. The molecular formula is C10H22N2O. The van der Waals surface area contributed by atoms with Gasteiger partial charge in [-0.3, -0.25) is 4.90 Å². The molecule has 3 heteroatoms. The molecule has 0 radical (unpaired) electrons. The van der Waals surface area contributed by atoms with Gasteiger partial charge in [-0.2, -0.15) is 0 Å². The van der Waals surface area contributed by atoms with Gasteiger partial charge >= 0.3 is 0 Å². The maximum absolute atomic E-state index is 8.67. The zero-order chi connectivity index (χ0) is 9.68. The fraction of sp³-hybridized carbons (Fsp3) is 1.00. The van der Waals surface area contributed by atoms with Gasteiger partial charge in [-0.1, -0.05) is 6.92 Å². The molecule has 0 amide bonds. The van der Waals surface area contributed by atoms with Crippen molar-refractivity contribution < 1.29 is 5.11 Å². The molecule has 0 aromatic heterocycles. The lowest BCUT2D eigenvalue weighted by Crippen LogP contribution is -2.37. The van der Waals surface area contributed by atoms with Crippen LogP contribution in [0.25, 0.3) is 0 Å². The zero-order valence-corrected chi connectivity index (χ0v) is 8.79. The summed E-state index contributed by atoms with van der Waals surface area (Å²) in [6.07, 6.45) is 2.46. The van der Waals surface area contributed by atoms with E-state index >= 15 is 0 Å². The molecule has 0 bridgehead atoms. The Balaban J connectivity index is 2.19. The summed E-state index contributed by atoms with van der Waals surface area (Å²) in [5.74, 6) is 0. The van der Waals surface area contributed by atoms with Crippen LogP contribution in [0.2, 0.25) is 0 Å². The molecule has 1 fully saturated rings. The molecule has 1 heterocycles. The fourth-order valence-corrected chi connectivity index (χ4v) is 1.88. The van der Waals surface area contributed by atoms with Crippen molar-refractivity contribution in [2.45, 2.75) is 38.8 Å². The Morgan fingerprint density at radius 3 is 3.00 bits per heavy atom. The van der Waals surface area contributed by atoms with Crippen molar-refractivity contribution in [1.82, 2.24) is 10.2 Å². The average Bonchev–Trinajstić information content (AvgIpc) is 2.62. The van der Waals surface area contributed by atoms with Crippen molar-refractivity contribution in [2.24, 2.45) is 0 Å². The molecule has 1 aliphatic heterocycles. The summed E-state index contributed by atoms with van der Waals surface area (Å²) >= 11 is 0. The van der Waals surface area contributed by atoms with Gasteiger partial charge in [0.25, 0.3) is 0 Å². The largest absolute Gasteiger partial charge is 0.395 e. The van der Waals surface area contributed by atoms with Crippen molar-refractivity contribution >= 4 is 0 Å². The van der Waals surface area contributed by atoms with Gasteiger partial charge in [0.15, 0.2) is 0 Å².